The summed E-state index contributed by atoms with van der Waals surface area (Å²) in [5.74, 6) is 0.0262. The van der Waals surface area contributed by atoms with Gasteiger partial charge in [-0.25, -0.2) is 0 Å². The van der Waals surface area contributed by atoms with E-state index in [1.54, 1.807) is 11.3 Å². The molecule has 1 aliphatic rings. The van der Waals surface area contributed by atoms with Crippen LogP contribution in [-0.2, 0) is 9.53 Å². The lowest BCUT2D eigenvalue weighted by Gasteiger charge is -2.16. The predicted molar refractivity (Wildman–Crippen MR) is 69.3 cm³/mol. The van der Waals surface area contributed by atoms with Crippen LogP contribution in [0.3, 0.4) is 0 Å². The van der Waals surface area contributed by atoms with Crippen LogP contribution in [0.2, 0.25) is 0 Å². The van der Waals surface area contributed by atoms with Crippen molar-refractivity contribution in [2.75, 3.05) is 6.61 Å². The maximum Gasteiger partial charge on any atom is 0.249 e. The van der Waals surface area contributed by atoms with Crippen molar-refractivity contribution >= 4 is 17.2 Å². The van der Waals surface area contributed by atoms with Crippen molar-refractivity contribution in [2.24, 2.45) is 0 Å². The highest BCUT2D eigenvalue weighted by Gasteiger charge is 2.25. The van der Waals surface area contributed by atoms with Gasteiger partial charge >= 0.3 is 0 Å². The molecule has 2 atom stereocenters. The van der Waals surface area contributed by atoms with Gasteiger partial charge in [0.2, 0.25) is 5.91 Å². The number of carbonyl (C=O) groups is 1. The first-order valence-corrected chi connectivity index (χ1v) is 6.88. The normalized spacial score (nSPS) is 21.5. The zero-order valence-electron chi connectivity index (χ0n) is 10.6. The Bertz CT molecular complexity index is 408. The monoisotopic (exact) mass is 253 g/mol. The minimum atomic E-state index is -0.238. The average Bonchev–Trinajstić information content (AvgIpc) is 2.87. The summed E-state index contributed by atoms with van der Waals surface area (Å²) in [6.07, 6.45) is 1.60. The Labute approximate surface area is 106 Å². The van der Waals surface area contributed by atoms with E-state index in [-0.39, 0.29) is 18.1 Å². The number of hydrogen-bond donors (Lipinski definition) is 1. The van der Waals surface area contributed by atoms with Crippen molar-refractivity contribution < 1.29 is 9.53 Å². The van der Waals surface area contributed by atoms with Crippen molar-refractivity contribution in [3.63, 3.8) is 0 Å². The molecule has 1 fully saturated rings. The van der Waals surface area contributed by atoms with Crippen LogP contribution in [0.4, 0.5) is 0 Å². The van der Waals surface area contributed by atoms with Gasteiger partial charge in [0.1, 0.15) is 6.10 Å². The summed E-state index contributed by atoms with van der Waals surface area (Å²) in [5, 5.41) is 3.04. The summed E-state index contributed by atoms with van der Waals surface area (Å²) in [7, 11) is 0. The molecule has 94 valence electrons. The van der Waals surface area contributed by atoms with Crippen LogP contribution in [-0.4, -0.2) is 18.6 Å². The highest BCUT2D eigenvalue weighted by molar-refractivity contribution is 7.12. The molecule has 0 unspecified atom stereocenters. The molecule has 0 spiro atoms. The second kappa shape index (κ2) is 5.19. The molecule has 1 aromatic heterocycles. The highest BCUT2D eigenvalue weighted by Crippen LogP contribution is 2.26. The molecule has 3 nitrogen and oxygen atoms in total. The second-order valence-electron chi connectivity index (χ2n) is 4.60. The standard InChI is InChI=1S/C13H19NO2S/c1-8-7-11(10(3)17-8)9(2)14-13(15)12-5-4-6-16-12/h7,9,12H,4-6H2,1-3H3,(H,14,15)/t9-,12-/m1/s1. The number of nitrogens with one attached hydrogen (secondary N) is 1. The molecule has 17 heavy (non-hydrogen) atoms. The maximum absolute atomic E-state index is 11.9. The van der Waals surface area contributed by atoms with Gasteiger partial charge in [0.05, 0.1) is 6.04 Å². The SMILES string of the molecule is Cc1cc([C@@H](C)NC(=O)[C@H]2CCCO2)c(C)s1. The lowest BCUT2D eigenvalue weighted by Crippen LogP contribution is -2.35. The predicted octanol–water partition coefficient (Wildman–Crippen LogP) is 2.72. The van der Waals surface area contributed by atoms with Gasteiger partial charge < -0.3 is 10.1 Å². The van der Waals surface area contributed by atoms with Crippen LogP contribution in [0.15, 0.2) is 6.07 Å². The molecule has 0 bridgehead atoms. The van der Waals surface area contributed by atoms with Gasteiger partial charge in [-0.3, -0.25) is 4.79 Å². The van der Waals surface area contributed by atoms with Crippen LogP contribution in [0.5, 0.6) is 0 Å². The summed E-state index contributed by atoms with van der Waals surface area (Å²) in [6.45, 7) is 6.93. The van der Waals surface area contributed by atoms with Crippen molar-refractivity contribution in [1.82, 2.24) is 5.32 Å². The zero-order chi connectivity index (χ0) is 12.4. The molecule has 1 aliphatic heterocycles. The molecule has 4 heteroatoms. The Morgan fingerprint density at radius 2 is 2.35 bits per heavy atom. The van der Waals surface area contributed by atoms with Gasteiger partial charge in [0, 0.05) is 16.4 Å². The molecule has 2 rings (SSSR count). The molecule has 0 radical (unpaired) electrons. The number of amides is 1. The third kappa shape index (κ3) is 2.87. The summed E-state index contributed by atoms with van der Waals surface area (Å²) in [5.41, 5.74) is 1.22. The summed E-state index contributed by atoms with van der Waals surface area (Å²) in [6, 6.07) is 2.22. The van der Waals surface area contributed by atoms with Gasteiger partial charge in [-0.15, -0.1) is 11.3 Å². The Morgan fingerprint density at radius 1 is 1.59 bits per heavy atom. The molecule has 2 heterocycles. The molecule has 0 aliphatic carbocycles. The lowest BCUT2D eigenvalue weighted by atomic mass is 10.1. The summed E-state index contributed by atoms with van der Waals surface area (Å²) < 4.78 is 5.38. The zero-order valence-corrected chi connectivity index (χ0v) is 11.4. The fraction of sp³-hybridized carbons (Fsp3) is 0.615. The molecule has 0 aromatic carbocycles. The van der Waals surface area contributed by atoms with E-state index in [4.69, 9.17) is 4.74 Å². The summed E-state index contributed by atoms with van der Waals surface area (Å²) >= 11 is 1.77. The highest BCUT2D eigenvalue weighted by atomic mass is 32.1. The Balaban J connectivity index is 1.98. The number of hydrogen-bond acceptors (Lipinski definition) is 3. The molecular weight excluding hydrogens is 234 g/mol. The fourth-order valence-electron chi connectivity index (χ4n) is 2.25. The first-order chi connectivity index (χ1) is 8.08. The van der Waals surface area contributed by atoms with Crippen LogP contribution in [0, 0.1) is 13.8 Å². The van der Waals surface area contributed by atoms with Crippen molar-refractivity contribution in [1.29, 1.82) is 0 Å². The largest absolute Gasteiger partial charge is 0.368 e. The van der Waals surface area contributed by atoms with Gasteiger partial charge in [-0.05, 0) is 45.2 Å². The summed E-state index contributed by atoms with van der Waals surface area (Å²) in [4.78, 5) is 14.5. The van der Waals surface area contributed by atoms with Crippen molar-refractivity contribution in [3.05, 3.63) is 21.4 Å². The number of thiophene rings is 1. The Hall–Kier alpha value is -0.870. The number of carbonyl (C=O) groups excluding carboxylic acids is 1. The number of aryl methyl sites for hydroxylation is 2. The third-order valence-corrected chi connectivity index (χ3v) is 4.11. The molecular formula is C13H19NO2S. The van der Waals surface area contributed by atoms with Crippen LogP contribution < -0.4 is 5.32 Å². The quantitative estimate of drug-likeness (QED) is 0.899. The van der Waals surface area contributed by atoms with Crippen LogP contribution in [0.25, 0.3) is 0 Å². The molecule has 1 aromatic rings. The van der Waals surface area contributed by atoms with Gasteiger partial charge in [0.25, 0.3) is 0 Å². The smallest absolute Gasteiger partial charge is 0.249 e. The van der Waals surface area contributed by atoms with Crippen molar-refractivity contribution in [3.8, 4) is 0 Å². The minimum absolute atomic E-state index is 0.0262. The first kappa shape index (κ1) is 12.6. The third-order valence-electron chi connectivity index (χ3n) is 3.13. The van der Waals surface area contributed by atoms with Gasteiger partial charge in [-0.1, -0.05) is 0 Å². The Kier molecular flexibility index (Phi) is 3.84. The molecule has 1 saturated heterocycles. The molecule has 1 amide bonds. The van der Waals surface area contributed by atoms with Crippen LogP contribution >= 0.6 is 11.3 Å². The van der Waals surface area contributed by atoms with E-state index in [2.05, 4.69) is 25.2 Å². The van der Waals surface area contributed by atoms with E-state index in [1.807, 2.05) is 6.92 Å². The van der Waals surface area contributed by atoms with Crippen molar-refractivity contribution in [2.45, 2.75) is 45.8 Å². The Morgan fingerprint density at radius 3 is 2.88 bits per heavy atom. The maximum atomic E-state index is 11.9. The molecule has 0 saturated carbocycles. The van der Waals surface area contributed by atoms with E-state index in [0.717, 1.165) is 12.8 Å². The van der Waals surface area contributed by atoms with E-state index >= 15 is 0 Å². The number of ether oxygens (including phenoxy) is 1. The van der Waals surface area contributed by atoms with Gasteiger partial charge in [-0.2, -0.15) is 0 Å². The first-order valence-electron chi connectivity index (χ1n) is 6.07. The molecule has 1 N–H and O–H groups in total. The van der Waals surface area contributed by atoms with Crippen LogP contribution in [0.1, 0.15) is 41.1 Å². The van der Waals surface area contributed by atoms with E-state index in [0.29, 0.717) is 6.61 Å². The van der Waals surface area contributed by atoms with E-state index in [9.17, 15) is 4.79 Å². The van der Waals surface area contributed by atoms with E-state index < -0.39 is 0 Å². The second-order valence-corrected chi connectivity index (χ2v) is 6.06. The van der Waals surface area contributed by atoms with E-state index in [1.165, 1.54) is 15.3 Å². The van der Waals surface area contributed by atoms with Gasteiger partial charge in [0.15, 0.2) is 0 Å². The fourth-order valence-corrected chi connectivity index (χ4v) is 3.27. The minimum Gasteiger partial charge on any atom is -0.368 e. The number of rotatable bonds is 3. The average molecular weight is 253 g/mol. The topological polar surface area (TPSA) is 38.3 Å². The lowest BCUT2D eigenvalue weighted by molar-refractivity contribution is -0.130.